The molecule has 0 atom stereocenters. The van der Waals surface area contributed by atoms with Gasteiger partial charge < -0.3 is 0 Å². The Bertz CT molecular complexity index is 402. The smallest absolute Gasteiger partial charge is 0.0822 e. The molecule has 1 heteroatoms. The summed E-state index contributed by atoms with van der Waals surface area (Å²) in [4.78, 5) is 0. The van der Waals surface area contributed by atoms with Gasteiger partial charge in [-0.1, -0.05) is 24.3 Å². The van der Waals surface area contributed by atoms with Crippen LogP contribution in [0.3, 0.4) is 0 Å². The van der Waals surface area contributed by atoms with Crippen molar-refractivity contribution in [2.75, 3.05) is 0 Å². The molecule has 1 aromatic carbocycles. The summed E-state index contributed by atoms with van der Waals surface area (Å²) in [5.41, 5.74) is 2.56. The van der Waals surface area contributed by atoms with E-state index in [-0.39, 0.29) is 5.41 Å². The predicted octanol–water partition coefficient (Wildman–Crippen LogP) is 3.51. The normalized spacial score (nSPS) is 22.9. The van der Waals surface area contributed by atoms with Crippen molar-refractivity contribution in [3.63, 3.8) is 0 Å². The van der Waals surface area contributed by atoms with Gasteiger partial charge in [0.2, 0.25) is 0 Å². The monoisotopic (exact) mass is 197 g/mol. The van der Waals surface area contributed by atoms with Crippen LogP contribution >= 0.6 is 0 Å². The Morgan fingerprint density at radius 2 is 1.80 bits per heavy atom. The first-order valence-corrected chi connectivity index (χ1v) is 5.86. The molecule has 2 aliphatic carbocycles. The van der Waals surface area contributed by atoms with Gasteiger partial charge in [0.1, 0.15) is 0 Å². The second-order valence-electron chi connectivity index (χ2n) is 4.94. The van der Waals surface area contributed by atoms with Crippen molar-refractivity contribution in [3.05, 3.63) is 35.4 Å². The second-order valence-corrected chi connectivity index (χ2v) is 4.94. The van der Waals surface area contributed by atoms with Crippen LogP contribution in [0.1, 0.15) is 49.1 Å². The van der Waals surface area contributed by atoms with Crippen molar-refractivity contribution in [1.82, 2.24) is 0 Å². The highest BCUT2D eigenvalue weighted by molar-refractivity contribution is 5.38. The highest BCUT2D eigenvalue weighted by Crippen LogP contribution is 2.45. The summed E-state index contributed by atoms with van der Waals surface area (Å²) in [6, 6.07) is 11.3. The lowest BCUT2D eigenvalue weighted by molar-refractivity contribution is 0.324. The zero-order valence-electron chi connectivity index (χ0n) is 8.87. The lowest BCUT2D eigenvalue weighted by Crippen LogP contribution is -2.32. The van der Waals surface area contributed by atoms with Crippen LogP contribution in [0.15, 0.2) is 24.3 Å². The van der Waals surface area contributed by atoms with Gasteiger partial charge >= 0.3 is 0 Å². The molecule has 0 saturated heterocycles. The van der Waals surface area contributed by atoms with E-state index < -0.39 is 0 Å². The van der Waals surface area contributed by atoms with E-state index in [0.29, 0.717) is 0 Å². The summed E-state index contributed by atoms with van der Waals surface area (Å²) in [6.07, 6.45) is 6.00. The first kappa shape index (κ1) is 8.97. The number of hydrogen-bond acceptors (Lipinski definition) is 1. The van der Waals surface area contributed by atoms with Crippen LogP contribution in [0.2, 0.25) is 0 Å². The zero-order chi connectivity index (χ0) is 10.3. The average molecular weight is 197 g/mol. The molecule has 15 heavy (non-hydrogen) atoms. The number of hydrogen-bond donors (Lipinski definition) is 0. The fourth-order valence-corrected chi connectivity index (χ4v) is 2.49. The molecule has 3 rings (SSSR count). The molecule has 0 heterocycles. The van der Waals surface area contributed by atoms with E-state index >= 15 is 0 Å². The minimum absolute atomic E-state index is 0.137. The summed E-state index contributed by atoms with van der Waals surface area (Å²) >= 11 is 0. The van der Waals surface area contributed by atoms with Crippen LogP contribution < -0.4 is 0 Å². The van der Waals surface area contributed by atoms with Crippen molar-refractivity contribution in [1.29, 1.82) is 5.26 Å². The minimum Gasteiger partial charge on any atom is -0.197 e. The van der Waals surface area contributed by atoms with Gasteiger partial charge in [0.25, 0.3) is 0 Å². The van der Waals surface area contributed by atoms with Crippen molar-refractivity contribution in [2.24, 2.45) is 0 Å². The lowest BCUT2D eigenvalue weighted by atomic mass is 9.65. The summed E-state index contributed by atoms with van der Waals surface area (Å²) in [6.45, 7) is 0. The lowest BCUT2D eigenvalue weighted by Gasteiger charge is -2.35. The molecular weight excluding hydrogens is 182 g/mol. The molecule has 0 aliphatic heterocycles. The molecule has 0 bridgehead atoms. The van der Waals surface area contributed by atoms with Crippen molar-refractivity contribution in [2.45, 2.75) is 43.4 Å². The summed E-state index contributed by atoms with van der Waals surface area (Å²) < 4.78 is 0. The standard InChI is InChI=1S/C14H15N/c15-10-14(8-1-9-14)13-6-4-12(5-7-13)11-2-3-11/h4-7,11H,1-3,8-9H2. The topological polar surface area (TPSA) is 23.8 Å². The number of nitriles is 1. The first-order valence-electron chi connectivity index (χ1n) is 5.86. The fourth-order valence-electron chi connectivity index (χ4n) is 2.49. The molecule has 76 valence electrons. The number of nitrogens with zero attached hydrogens (tertiary/aromatic N) is 1. The van der Waals surface area contributed by atoms with Gasteiger partial charge in [0.15, 0.2) is 0 Å². The van der Waals surface area contributed by atoms with Crippen molar-refractivity contribution >= 4 is 0 Å². The highest BCUT2D eigenvalue weighted by Gasteiger charge is 2.39. The Morgan fingerprint density at radius 1 is 1.13 bits per heavy atom. The van der Waals surface area contributed by atoms with Gasteiger partial charge in [-0.2, -0.15) is 5.26 Å². The highest BCUT2D eigenvalue weighted by atomic mass is 14.4. The predicted molar refractivity (Wildman–Crippen MR) is 59.6 cm³/mol. The third-order valence-electron chi connectivity index (χ3n) is 3.93. The van der Waals surface area contributed by atoms with Gasteiger partial charge in [-0.15, -0.1) is 0 Å². The molecule has 0 amide bonds. The van der Waals surface area contributed by atoms with E-state index in [1.54, 1.807) is 0 Å². The van der Waals surface area contributed by atoms with Gasteiger partial charge in [0.05, 0.1) is 11.5 Å². The maximum atomic E-state index is 9.23. The van der Waals surface area contributed by atoms with E-state index in [0.717, 1.165) is 18.8 Å². The maximum absolute atomic E-state index is 9.23. The van der Waals surface area contributed by atoms with E-state index in [9.17, 15) is 5.26 Å². The fraction of sp³-hybridized carbons (Fsp3) is 0.500. The van der Waals surface area contributed by atoms with Crippen LogP contribution in [0.4, 0.5) is 0 Å². The molecule has 2 aliphatic rings. The van der Waals surface area contributed by atoms with Crippen molar-refractivity contribution < 1.29 is 0 Å². The van der Waals surface area contributed by atoms with Crippen LogP contribution in [0.5, 0.6) is 0 Å². The zero-order valence-corrected chi connectivity index (χ0v) is 8.87. The number of benzene rings is 1. The molecule has 1 nitrogen and oxygen atoms in total. The van der Waals surface area contributed by atoms with Gasteiger partial charge in [-0.25, -0.2) is 0 Å². The minimum atomic E-state index is -0.137. The number of rotatable bonds is 2. The van der Waals surface area contributed by atoms with E-state index in [1.165, 1.54) is 30.4 Å². The van der Waals surface area contributed by atoms with E-state index in [4.69, 9.17) is 0 Å². The van der Waals surface area contributed by atoms with Crippen LogP contribution in [0, 0.1) is 11.3 Å². The first-order chi connectivity index (χ1) is 7.34. The van der Waals surface area contributed by atoms with Crippen LogP contribution in [-0.4, -0.2) is 0 Å². The third-order valence-corrected chi connectivity index (χ3v) is 3.93. The Labute approximate surface area is 90.7 Å². The summed E-state index contributed by atoms with van der Waals surface area (Å²) in [5.74, 6) is 0.818. The third kappa shape index (κ3) is 1.36. The Balaban J connectivity index is 1.89. The summed E-state index contributed by atoms with van der Waals surface area (Å²) in [5, 5.41) is 9.23. The molecule has 0 spiro atoms. The molecule has 0 unspecified atom stereocenters. The largest absolute Gasteiger partial charge is 0.197 e. The molecule has 0 radical (unpaired) electrons. The maximum Gasteiger partial charge on any atom is 0.0822 e. The molecule has 2 fully saturated rings. The molecule has 2 saturated carbocycles. The van der Waals surface area contributed by atoms with Gasteiger partial charge in [0, 0.05) is 0 Å². The second kappa shape index (κ2) is 3.10. The van der Waals surface area contributed by atoms with Gasteiger partial charge in [-0.3, -0.25) is 0 Å². The van der Waals surface area contributed by atoms with E-state index in [2.05, 4.69) is 30.3 Å². The Kier molecular flexibility index (Phi) is 1.85. The van der Waals surface area contributed by atoms with Gasteiger partial charge in [-0.05, 0) is 49.1 Å². The Hall–Kier alpha value is -1.29. The Morgan fingerprint density at radius 3 is 2.20 bits per heavy atom. The average Bonchev–Trinajstić information content (AvgIpc) is 3.01. The van der Waals surface area contributed by atoms with Crippen molar-refractivity contribution in [3.8, 4) is 6.07 Å². The van der Waals surface area contributed by atoms with E-state index in [1.807, 2.05) is 0 Å². The van der Waals surface area contributed by atoms with Crippen LogP contribution in [0.25, 0.3) is 0 Å². The quantitative estimate of drug-likeness (QED) is 0.711. The molecule has 0 aromatic heterocycles. The summed E-state index contributed by atoms with van der Waals surface area (Å²) in [7, 11) is 0. The SMILES string of the molecule is N#CC1(c2ccc(C3CC3)cc2)CCC1. The molecule has 0 N–H and O–H groups in total. The molecular formula is C14H15N. The molecule has 1 aromatic rings. The van der Waals surface area contributed by atoms with Crippen LogP contribution in [-0.2, 0) is 5.41 Å².